The minimum Gasteiger partial charge on any atom is -0.381 e. The molecule has 112 valence electrons. The average Bonchev–Trinajstić information content (AvgIpc) is 2.55. The molecule has 0 saturated heterocycles. The molecule has 0 aliphatic heterocycles. The zero-order valence-electron chi connectivity index (χ0n) is 12.7. The van der Waals surface area contributed by atoms with Gasteiger partial charge in [0.1, 0.15) is 0 Å². The van der Waals surface area contributed by atoms with Crippen molar-refractivity contribution in [2.45, 2.75) is 44.2 Å². The number of nitrogens with zero attached hydrogens (tertiary/aromatic N) is 1. The summed E-state index contributed by atoms with van der Waals surface area (Å²) in [5, 5.41) is 4.92. The van der Waals surface area contributed by atoms with E-state index in [-0.39, 0.29) is 0 Å². The second-order valence-corrected chi connectivity index (χ2v) is 5.92. The summed E-state index contributed by atoms with van der Waals surface area (Å²) >= 11 is 0. The van der Waals surface area contributed by atoms with Crippen LogP contribution >= 0.6 is 0 Å². The minimum atomic E-state index is 0.440. The van der Waals surface area contributed by atoms with Crippen molar-refractivity contribution in [3.8, 4) is 0 Å². The Morgan fingerprint density at radius 3 is 3.05 bits per heavy atom. The van der Waals surface area contributed by atoms with Gasteiger partial charge in [-0.25, -0.2) is 0 Å². The van der Waals surface area contributed by atoms with E-state index in [0.717, 1.165) is 24.9 Å². The summed E-state index contributed by atoms with van der Waals surface area (Å²) in [5.41, 5.74) is 2.47. The van der Waals surface area contributed by atoms with Crippen molar-refractivity contribution in [1.29, 1.82) is 0 Å². The first kappa shape index (κ1) is 14.5. The smallest absolute Gasteiger partial charge is 0.0734 e. The summed E-state index contributed by atoms with van der Waals surface area (Å²) in [5.74, 6) is 0. The number of benzene rings is 1. The van der Waals surface area contributed by atoms with Gasteiger partial charge in [-0.1, -0.05) is 24.3 Å². The van der Waals surface area contributed by atoms with Crippen LogP contribution in [0.3, 0.4) is 0 Å². The van der Waals surface area contributed by atoms with Crippen LogP contribution in [0.25, 0.3) is 10.9 Å². The summed E-state index contributed by atoms with van der Waals surface area (Å²) in [4.78, 5) is 4.52. The molecule has 1 aromatic heterocycles. The van der Waals surface area contributed by atoms with Crippen molar-refractivity contribution in [1.82, 2.24) is 10.3 Å². The third-order valence-corrected chi connectivity index (χ3v) is 4.50. The lowest BCUT2D eigenvalue weighted by Crippen LogP contribution is -2.37. The molecule has 2 atom stereocenters. The largest absolute Gasteiger partial charge is 0.381 e. The van der Waals surface area contributed by atoms with E-state index >= 15 is 0 Å². The summed E-state index contributed by atoms with van der Waals surface area (Å²) in [7, 11) is 1.83. The van der Waals surface area contributed by atoms with Gasteiger partial charge in [-0.15, -0.1) is 0 Å². The molecule has 1 fully saturated rings. The van der Waals surface area contributed by atoms with Crippen molar-refractivity contribution >= 4 is 10.9 Å². The van der Waals surface area contributed by atoms with E-state index in [1.54, 1.807) is 0 Å². The molecule has 1 aliphatic rings. The van der Waals surface area contributed by atoms with Crippen LogP contribution in [0.5, 0.6) is 0 Å². The molecule has 21 heavy (non-hydrogen) atoms. The Morgan fingerprint density at radius 2 is 2.14 bits per heavy atom. The molecule has 1 heterocycles. The van der Waals surface area contributed by atoms with Gasteiger partial charge in [0.25, 0.3) is 0 Å². The Kier molecular flexibility index (Phi) is 4.84. The van der Waals surface area contributed by atoms with E-state index in [0.29, 0.717) is 12.1 Å². The first-order valence-electron chi connectivity index (χ1n) is 7.95. The van der Waals surface area contributed by atoms with Gasteiger partial charge in [0.05, 0.1) is 11.6 Å². The van der Waals surface area contributed by atoms with E-state index in [2.05, 4.69) is 34.6 Å². The average molecular weight is 284 g/mol. The van der Waals surface area contributed by atoms with E-state index < -0.39 is 0 Å². The zero-order valence-corrected chi connectivity index (χ0v) is 12.7. The first-order valence-corrected chi connectivity index (χ1v) is 7.95. The minimum absolute atomic E-state index is 0.440. The maximum atomic E-state index is 5.49. The van der Waals surface area contributed by atoms with Crippen LogP contribution in [0.1, 0.15) is 31.2 Å². The highest BCUT2D eigenvalue weighted by Gasteiger charge is 2.20. The number of aromatic nitrogens is 1. The highest BCUT2D eigenvalue weighted by atomic mass is 16.5. The van der Waals surface area contributed by atoms with E-state index in [9.17, 15) is 0 Å². The Bertz CT molecular complexity index is 579. The van der Waals surface area contributed by atoms with E-state index in [4.69, 9.17) is 4.74 Å². The number of nitrogens with one attached hydrogen (secondary N) is 1. The highest BCUT2D eigenvalue weighted by molar-refractivity contribution is 5.81. The number of rotatable bonds is 5. The van der Waals surface area contributed by atoms with Crippen LogP contribution in [0, 0.1) is 0 Å². The Morgan fingerprint density at radius 1 is 1.24 bits per heavy atom. The molecular formula is C18H24N2O. The molecule has 0 radical (unpaired) electrons. The molecule has 2 unspecified atom stereocenters. The second-order valence-electron chi connectivity index (χ2n) is 5.92. The molecule has 0 bridgehead atoms. The van der Waals surface area contributed by atoms with Crippen molar-refractivity contribution in [2.75, 3.05) is 13.7 Å². The van der Waals surface area contributed by atoms with Gasteiger partial charge in [-0.3, -0.25) is 4.98 Å². The maximum Gasteiger partial charge on any atom is 0.0734 e. The van der Waals surface area contributed by atoms with Crippen molar-refractivity contribution in [3.05, 3.63) is 42.1 Å². The molecule has 3 heteroatoms. The number of fused-ring (bicyclic) bond motifs is 1. The van der Waals surface area contributed by atoms with Gasteiger partial charge in [-0.2, -0.15) is 0 Å². The SMILES string of the molecule is COC1CCCC(NCCc2cccc3cccnc23)C1. The highest BCUT2D eigenvalue weighted by Crippen LogP contribution is 2.21. The number of hydrogen-bond acceptors (Lipinski definition) is 3. The van der Waals surface area contributed by atoms with Gasteiger partial charge in [0.15, 0.2) is 0 Å². The Hall–Kier alpha value is -1.45. The van der Waals surface area contributed by atoms with Crippen LogP contribution in [0.4, 0.5) is 0 Å². The molecule has 1 N–H and O–H groups in total. The predicted octanol–water partition coefficient (Wildman–Crippen LogP) is 3.32. The lowest BCUT2D eigenvalue weighted by Gasteiger charge is -2.29. The van der Waals surface area contributed by atoms with Crippen molar-refractivity contribution in [3.63, 3.8) is 0 Å². The van der Waals surface area contributed by atoms with Crippen LogP contribution in [0.15, 0.2) is 36.5 Å². The monoisotopic (exact) mass is 284 g/mol. The van der Waals surface area contributed by atoms with Crippen molar-refractivity contribution in [2.24, 2.45) is 0 Å². The number of pyridine rings is 1. The van der Waals surface area contributed by atoms with E-state index in [1.807, 2.05) is 19.4 Å². The van der Waals surface area contributed by atoms with Crippen LogP contribution < -0.4 is 5.32 Å². The predicted molar refractivity (Wildman–Crippen MR) is 86.5 cm³/mol. The fourth-order valence-corrected chi connectivity index (χ4v) is 3.32. The Balaban J connectivity index is 1.57. The number of methoxy groups -OCH3 is 1. The van der Waals surface area contributed by atoms with Crippen molar-refractivity contribution < 1.29 is 4.74 Å². The molecule has 3 rings (SSSR count). The van der Waals surface area contributed by atoms with Gasteiger partial charge in [0.2, 0.25) is 0 Å². The van der Waals surface area contributed by atoms with Gasteiger partial charge < -0.3 is 10.1 Å². The van der Waals surface area contributed by atoms with Gasteiger partial charge in [0, 0.05) is 24.7 Å². The lowest BCUT2D eigenvalue weighted by atomic mass is 9.92. The van der Waals surface area contributed by atoms with Crippen LogP contribution in [-0.2, 0) is 11.2 Å². The summed E-state index contributed by atoms with van der Waals surface area (Å²) in [6, 6.07) is 11.2. The third-order valence-electron chi connectivity index (χ3n) is 4.50. The first-order chi connectivity index (χ1) is 10.4. The fraction of sp³-hybridized carbons (Fsp3) is 0.500. The molecule has 1 aromatic carbocycles. The fourth-order valence-electron chi connectivity index (χ4n) is 3.32. The summed E-state index contributed by atoms with van der Waals surface area (Å²) < 4.78 is 5.49. The maximum absolute atomic E-state index is 5.49. The number of para-hydroxylation sites is 1. The summed E-state index contributed by atoms with van der Waals surface area (Å²) in [6.07, 6.45) is 8.24. The number of ether oxygens (including phenoxy) is 1. The second kappa shape index (κ2) is 7.01. The molecular weight excluding hydrogens is 260 g/mol. The van der Waals surface area contributed by atoms with Crippen LogP contribution in [0.2, 0.25) is 0 Å². The lowest BCUT2D eigenvalue weighted by molar-refractivity contribution is 0.0590. The molecule has 0 spiro atoms. The Labute approximate surface area is 126 Å². The van der Waals surface area contributed by atoms with Gasteiger partial charge in [-0.05, 0) is 50.3 Å². The third kappa shape index (κ3) is 3.60. The topological polar surface area (TPSA) is 34.1 Å². The molecule has 0 amide bonds. The van der Waals surface area contributed by atoms with Gasteiger partial charge >= 0.3 is 0 Å². The molecule has 3 nitrogen and oxygen atoms in total. The van der Waals surface area contributed by atoms with E-state index in [1.165, 1.54) is 30.2 Å². The van der Waals surface area contributed by atoms with Crippen LogP contribution in [-0.4, -0.2) is 30.8 Å². The quantitative estimate of drug-likeness (QED) is 0.914. The molecule has 2 aromatic rings. The molecule has 1 saturated carbocycles. The summed E-state index contributed by atoms with van der Waals surface area (Å²) in [6.45, 7) is 1.01. The normalized spacial score (nSPS) is 22.5. The molecule has 1 aliphatic carbocycles. The standard InChI is InChI=1S/C18H24N2O/c1-21-17-9-3-8-16(13-17)19-12-10-15-6-2-5-14-7-4-11-20-18(14)15/h2,4-7,11,16-17,19H,3,8-10,12-13H2,1H3. The number of hydrogen-bond donors (Lipinski definition) is 1. The zero-order chi connectivity index (χ0) is 14.5.